The monoisotopic (exact) mass is 215 g/mol. The minimum Gasteiger partial charge on any atom is -0.307 e. The number of hydrogen-bond donors (Lipinski definition) is 1. The van der Waals surface area contributed by atoms with E-state index in [0.29, 0.717) is 11.4 Å². The second-order valence-electron chi connectivity index (χ2n) is 3.66. The van der Waals surface area contributed by atoms with Gasteiger partial charge in [-0.25, -0.2) is 0 Å². The van der Waals surface area contributed by atoms with Gasteiger partial charge in [0.15, 0.2) is 0 Å². The van der Waals surface area contributed by atoms with Crippen LogP contribution in [0.1, 0.15) is 15.9 Å². The number of aryl methyl sites for hydroxylation is 2. The van der Waals surface area contributed by atoms with E-state index in [9.17, 15) is 4.79 Å². The molecule has 0 spiro atoms. The summed E-state index contributed by atoms with van der Waals surface area (Å²) in [6.07, 6.45) is 1.64. The molecule has 82 valence electrons. The summed E-state index contributed by atoms with van der Waals surface area (Å²) in [4.78, 5) is 11.9. The molecule has 2 rings (SSSR count). The van der Waals surface area contributed by atoms with Gasteiger partial charge in [-0.05, 0) is 19.1 Å². The van der Waals surface area contributed by atoms with Gasteiger partial charge in [-0.2, -0.15) is 5.10 Å². The number of nitrogens with one attached hydrogen (secondary N) is 1. The van der Waals surface area contributed by atoms with E-state index in [1.165, 1.54) is 0 Å². The van der Waals surface area contributed by atoms with Crippen LogP contribution in [0.15, 0.2) is 36.5 Å². The van der Waals surface area contributed by atoms with Gasteiger partial charge in [0.05, 0.1) is 6.20 Å². The second-order valence-corrected chi connectivity index (χ2v) is 3.66. The standard InChI is InChI=1S/C12H13N3O/c1-9-4-3-5-10(8-9)12(16)14-11-6-7-13-15(11)2/h3-8H,1-2H3,(H,14,16). The van der Waals surface area contributed by atoms with E-state index in [1.807, 2.05) is 25.1 Å². The first-order chi connectivity index (χ1) is 7.66. The Bertz CT molecular complexity index is 516. The molecule has 0 atom stereocenters. The highest BCUT2D eigenvalue weighted by Gasteiger charge is 2.07. The summed E-state index contributed by atoms with van der Waals surface area (Å²) in [6, 6.07) is 9.23. The summed E-state index contributed by atoms with van der Waals surface area (Å²) in [5.74, 6) is 0.568. The van der Waals surface area contributed by atoms with Gasteiger partial charge in [0.2, 0.25) is 0 Å². The number of aromatic nitrogens is 2. The molecular weight excluding hydrogens is 202 g/mol. The summed E-state index contributed by atoms with van der Waals surface area (Å²) in [5, 5.41) is 6.78. The van der Waals surface area contributed by atoms with Crippen molar-refractivity contribution in [3.05, 3.63) is 47.7 Å². The molecule has 0 aliphatic heterocycles. The highest BCUT2D eigenvalue weighted by molar-refractivity contribution is 6.03. The van der Waals surface area contributed by atoms with Crippen LogP contribution in [0.25, 0.3) is 0 Å². The molecule has 16 heavy (non-hydrogen) atoms. The number of carbonyl (C=O) groups is 1. The number of benzene rings is 1. The molecule has 1 heterocycles. The first kappa shape index (κ1) is 10.4. The molecule has 1 aromatic carbocycles. The highest BCUT2D eigenvalue weighted by Crippen LogP contribution is 2.09. The van der Waals surface area contributed by atoms with Gasteiger partial charge in [0.1, 0.15) is 5.82 Å². The molecule has 4 heteroatoms. The lowest BCUT2D eigenvalue weighted by Crippen LogP contribution is -2.14. The van der Waals surface area contributed by atoms with Crippen LogP contribution >= 0.6 is 0 Å². The van der Waals surface area contributed by atoms with Gasteiger partial charge in [0, 0.05) is 18.7 Å². The Labute approximate surface area is 93.9 Å². The van der Waals surface area contributed by atoms with E-state index in [0.717, 1.165) is 5.56 Å². The number of amides is 1. The number of nitrogens with zero attached hydrogens (tertiary/aromatic N) is 2. The van der Waals surface area contributed by atoms with E-state index < -0.39 is 0 Å². The fourth-order valence-electron chi connectivity index (χ4n) is 1.47. The van der Waals surface area contributed by atoms with Crippen LogP contribution in [-0.2, 0) is 7.05 Å². The van der Waals surface area contributed by atoms with E-state index >= 15 is 0 Å². The summed E-state index contributed by atoms with van der Waals surface area (Å²) in [5.41, 5.74) is 1.72. The molecule has 0 radical (unpaired) electrons. The molecule has 0 aliphatic rings. The minimum absolute atomic E-state index is 0.118. The maximum absolute atomic E-state index is 11.9. The molecular formula is C12H13N3O. The van der Waals surface area contributed by atoms with Gasteiger partial charge >= 0.3 is 0 Å². The Morgan fingerprint density at radius 3 is 2.81 bits per heavy atom. The molecule has 1 N–H and O–H groups in total. The van der Waals surface area contributed by atoms with Gasteiger partial charge < -0.3 is 5.32 Å². The smallest absolute Gasteiger partial charge is 0.256 e. The van der Waals surface area contributed by atoms with Crippen molar-refractivity contribution in [2.24, 2.45) is 7.05 Å². The van der Waals surface area contributed by atoms with Gasteiger partial charge in [0.25, 0.3) is 5.91 Å². The maximum Gasteiger partial charge on any atom is 0.256 e. The van der Waals surface area contributed by atoms with E-state index in [2.05, 4.69) is 10.4 Å². The van der Waals surface area contributed by atoms with Gasteiger partial charge in [-0.1, -0.05) is 17.7 Å². The van der Waals surface area contributed by atoms with Crippen molar-refractivity contribution in [1.29, 1.82) is 0 Å². The van der Waals surface area contributed by atoms with Gasteiger partial charge in [-0.15, -0.1) is 0 Å². The van der Waals surface area contributed by atoms with E-state index in [1.54, 1.807) is 30.1 Å². The van der Waals surface area contributed by atoms with Crippen molar-refractivity contribution in [2.45, 2.75) is 6.92 Å². The summed E-state index contributed by atoms with van der Waals surface area (Å²) in [7, 11) is 1.78. The van der Waals surface area contributed by atoms with Crippen LogP contribution in [0.4, 0.5) is 5.82 Å². The molecule has 0 unspecified atom stereocenters. The zero-order valence-corrected chi connectivity index (χ0v) is 9.27. The Balaban J connectivity index is 2.18. The predicted octanol–water partition coefficient (Wildman–Crippen LogP) is 1.98. The molecule has 0 saturated carbocycles. The number of hydrogen-bond acceptors (Lipinski definition) is 2. The number of carbonyl (C=O) groups excluding carboxylic acids is 1. The average molecular weight is 215 g/mol. The van der Waals surface area contributed by atoms with Crippen LogP contribution in [0.2, 0.25) is 0 Å². The molecule has 0 bridgehead atoms. The lowest BCUT2D eigenvalue weighted by atomic mass is 10.1. The minimum atomic E-state index is -0.118. The van der Waals surface area contributed by atoms with Crippen LogP contribution in [0.3, 0.4) is 0 Å². The van der Waals surface area contributed by atoms with Crippen molar-refractivity contribution < 1.29 is 4.79 Å². The van der Waals surface area contributed by atoms with Crippen LogP contribution in [0, 0.1) is 6.92 Å². The molecule has 0 aliphatic carbocycles. The fraction of sp³-hybridized carbons (Fsp3) is 0.167. The quantitative estimate of drug-likeness (QED) is 0.832. The largest absolute Gasteiger partial charge is 0.307 e. The fourth-order valence-corrected chi connectivity index (χ4v) is 1.47. The lowest BCUT2D eigenvalue weighted by Gasteiger charge is -2.05. The number of anilines is 1. The zero-order chi connectivity index (χ0) is 11.5. The van der Waals surface area contributed by atoms with Crippen molar-refractivity contribution in [2.75, 3.05) is 5.32 Å². The Hall–Kier alpha value is -2.10. The van der Waals surface area contributed by atoms with Crippen molar-refractivity contribution >= 4 is 11.7 Å². The summed E-state index contributed by atoms with van der Waals surface area (Å²) >= 11 is 0. The molecule has 1 amide bonds. The highest BCUT2D eigenvalue weighted by atomic mass is 16.1. The van der Waals surface area contributed by atoms with Crippen molar-refractivity contribution in [1.82, 2.24) is 9.78 Å². The van der Waals surface area contributed by atoms with Crippen molar-refractivity contribution in [3.63, 3.8) is 0 Å². The molecule has 2 aromatic rings. The first-order valence-corrected chi connectivity index (χ1v) is 5.03. The maximum atomic E-state index is 11.9. The average Bonchev–Trinajstić information content (AvgIpc) is 2.64. The topological polar surface area (TPSA) is 46.9 Å². The summed E-state index contributed by atoms with van der Waals surface area (Å²) in [6.45, 7) is 1.96. The third kappa shape index (κ3) is 2.11. The summed E-state index contributed by atoms with van der Waals surface area (Å²) < 4.78 is 1.62. The Kier molecular flexibility index (Phi) is 2.72. The molecule has 4 nitrogen and oxygen atoms in total. The zero-order valence-electron chi connectivity index (χ0n) is 9.27. The third-order valence-corrected chi connectivity index (χ3v) is 2.34. The lowest BCUT2D eigenvalue weighted by molar-refractivity contribution is 0.102. The van der Waals surface area contributed by atoms with Crippen LogP contribution < -0.4 is 5.32 Å². The Morgan fingerprint density at radius 1 is 1.38 bits per heavy atom. The SMILES string of the molecule is Cc1cccc(C(=O)Nc2ccnn2C)c1. The molecule has 1 aromatic heterocycles. The van der Waals surface area contributed by atoms with Crippen molar-refractivity contribution in [3.8, 4) is 0 Å². The predicted molar refractivity (Wildman–Crippen MR) is 62.3 cm³/mol. The number of rotatable bonds is 2. The third-order valence-electron chi connectivity index (χ3n) is 2.34. The van der Waals surface area contributed by atoms with Gasteiger partial charge in [-0.3, -0.25) is 9.48 Å². The molecule has 0 saturated heterocycles. The molecule has 0 fully saturated rings. The van der Waals surface area contributed by atoms with Crippen LogP contribution in [0.5, 0.6) is 0 Å². The first-order valence-electron chi connectivity index (χ1n) is 5.03. The Morgan fingerprint density at radius 2 is 2.19 bits per heavy atom. The van der Waals surface area contributed by atoms with Crippen LogP contribution in [-0.4, -0.2) is 15.7 Å². The normalized spacial score (nSPS) is 10.1. The van der Waals surface area contributed by atoms with E-state index in [-0.39, 0.29) is 5.91 Å². The van der Waals surface area contributed by atoms with E-state index in [4.69, 9.17) is 0 Å². The second kappa shape index (κ2) is 4.18.